The molecule has 0 bridgehead atoms. The third-order valence-electron chi connectivity index (χ3n) is 4.75. The minimum Gasteiger partial charge on any atom is -0.486 e. The Hall–Kier alpha value is -1.22. The van der Waals surface area contributed by atoms with Crippen LogP contribution in [0.4, 0.5) is 0 Å². The number of aliphatic imine (C=N–C) groups is 1. The molecule has 3 rings (SSSR count). The minimum absolute atomic E-state index is 0. The van der Waals surface area contributed by atoms with Gasteiger partial charge in [-0.3, -0.25) is 4.99 Å². The number of nitrogens with zero attached hydrogens (tertiary/aromatic N) is 2. The molecule has 2 aliphatic rings. The lowest BCUT2D eigenvalue weighted by molar-refractivity contribution is 0.0936. The summed E-state index contributed by atoms with van der Waals surface area (Å²) in [7, 11) is 1.80. The summed E-state index contributed by atoms with van der Waals surface area (Å²) in [5.41, 5.74) is 0. The van der Waals surface area contributed by atoms with Crippen molar-refractivity contribution in [1.29, 1.82) is 0 Å². The monoisotopic (exact) mass is 474 g/mol. The highest BCUT2D eigenvalue weighted by Crippen LogP contribution is 2.30. The fraction of sp³-hybridized carbons (Fsp3) is 0.632. The van der Waals surface area contributed by atoms with Crippen molar-refractivity contribution in [3.8, 4) is 11.5 Å². The first-order valence-electron chi connectivity index (χ1n) is 9.30. The van der Waals surface area contributed by atoms with Crippen molar-refractivity contribution in [2.24, 2.45) is 10.9 Å². The van der Waals surface area contributed by atoms with Gasteiger partial charge in [-0.05, 0) is 37.4 Å². The van der Waals surface area contributed by atoms with Crippen molar-refractivity contribution in [2.75, 3.05) is 46.4 Å². The van der Waals surface area contributed by atoms with E-state index in [0.29, 0.717) is 13.2 Å². The number of nitrogens with one attached hydrogen (secondary N) is 2. The number of benzene rings is 1. The number of ether oxygens (including phenoxy) is 2. The molecule has 2 N–H and O–H groups in total. The summed E-state index contributed by atoms with van der Waals surface area (Å²) < 4.78 is 11.7. The second-order valence-corrected chi connectivity index (χ2v) is 6.93. The molecule has 0 radical (unpaired) electrons. The highest BCUT2D eigenvalue weighted by Gasteiger charge is 2.20. The number of rotatable bonds is 5. The van der Waals surface area contributed by atoms with Gasteiger partial charge in [0.1, 0.15) is 12.7 Å². The van der Waals surface area contributed by atoms with Crippen LogP contribution in [0.2, 0.25) is 0 Å². The van der Waals surface area contributed by atoms with Gasteiger partial charge in [-0.15, -0.1) is 24.0 Å². The smallest absolute Gasteiger partial charge is 0.191 e. The second-order valence-electron chi connectivity index (χ2n) is 6.93. The van der Waals surface area contributed by atoms with Gasteiger partial charge in [0.2, 0.25) is 0 Å². The normalized spacial score (nSPS) is 23.1. The maximum atomic E-state index is 5.96. The number of likely N-dealkylation sites (tertiary alicyclic amines) is 1. The Kier molecular flexibility index (Phi) is 8.77. The molecular formula is C19H31IN4O2. The number of hydrogen-bond acceptors (Lipinski definition) is 4. The molecule has 2 aliphatic heterocycles. The Bertz CT molecular complexity index is 584. The van der Waals surface area contributed by atoms with Crippen LogP contribution in [-0.4, -0.2) is 63.3 Å². The van der Waals surface area contributed by atoms with E-state index in [1.54, 1.807) is 7.05 Å². The molecule has 0 aliphatic carbocycles. The SMILES string of the molecule is CN=C(NCCN1CCCC(C)C1)NCC1COc2ccccc2O1.I. The molecule has 0 aromatic heterocycles. The van der Waals surface area contributed by atoms with Crippen LogP contribution >= 0.6 is 24.0 Å². The zero-order chi connectivity index (χ0) is 17.5. The van der Waals surface area contributed by atoms with Gasteiger partial charge in [-0.25, -0.2) is 0 Å². The van der Waals surface area contributed by atoms with E-state index >= 15 is 0 Å². The molecule has 26 heavy (non-hydrogen) atoms. The molecule has 2 heterocycles. The quantitative estimate of drug-likeness (QED) is 0.390. The molecule has 2 unspecified atom stereocenters. The molecule has 0 amide bonds. The molecule has 1 saturated heterocycles. The van der Waals surface area contributed by atoms with Gasteiger partial charge in [-0.2, -0.15) is 0 Å². The zero-order valence-corrected chi connectivity index (χ0v) is 18.1. The molecule has 6 nitrogen and oxygen atoms in total. The topological polar surface area (TPSA) is 58.1 Å². The Morgan fingerprint density at radius 2 is 2.08 bits per heavy atom. The van der Waals surface area contributed by atoms with Gasteiger partial charge >= 0.3 is 0 Å². The van der Waals surface area contributed by atoms with Crippen LogP contribution in [0.1, 0.15) is 19.8 Å². The predicted molar refractivity (Wildman–Crippen MR) is 116 cm³/mol. The standard InChI is InChI=1S/C19H30N4O2.HI/c1-15-6-5-10-23(13-15)11-9-21-19(20-2)22-12-16-14-24-17-7-3-4-8-18(17)25-16;/h3-4,7-8,15-16H,5-6,9-14H2,1-2H3,(H2,20,21,22);1H. The summed E-state index contributed by atoms with van der Waals surface area (Å²) in [6, 6.07) is 7.78. The maximum Gasteiger partial charge on any atom is 0.191 e. The Morgan fingerprint density at radius 3 is 2.85 bits per heavy atom. The Morgan fingerprint density at radius 1 is 1.27 bits per heavy atom. The highest BCUT2D eigenvalue weighted by atomic mass is 127. The summed E-state index contributed by atoms with van der Waals surface area (Å²) in [6.45, 7) is 7.93. The number of fused-ring (bicyclic) bond motifs is 1. The highest BCUT2D eigenvalue weighted by molar-refractivity contribution is 14.0. The summed E-state index contributed by atoms with van der Waals surface area (Å²) in [5.74, 6) is 3.25. The van der Waals surface area contributed by atoms with E-state index < -0.39 is 0 Å². The molecule has 2 atom stereocenters. The molecular weight excluding hydrogens is 443 g/mol. The van der Waals surface area contributed by atoms with E-state index in [1.165, 1.54) is 25.9 Å². The largest absolute Gasteiger partial charge is 0.486 e. The van der Waals surface area contributed by atoms with E-state index in [-0.39, 0.29) is 30.1 Å². The third-order valence-corrected chi connectivity index (χ3v) is 4.75. The van der Waals surface area contributed by atoms with E-state index in [1.807, 2.05) is 24.3 Å². The number of guanidine groups is 1. The molecule has 146 valence electrons. The first kappa shape index (κ1) is 21.1. The molecule has 1 aromatic rings. The van der Waals surface area contributed by atoms with Crippen LogP contribution in [0.25, 0.3) is 0 Å². The molecule has 1 aromatic carbocycles. The fourth-order valence-electron chi connectivity index (χ4n) is 3.42. The second kappa shape index (κ2) is 10.8. The Balaban J connectivity index is 0.00000243. The van der Waals surface area contributed by atoms with E-state index in [0.717, 1.165) is 36.5 Å². The summed E-state index contributed by atoms with van der Waals surface area (Å²) in [5, 5.41) is 6.72. The van der Waals surface area contributed by atoms with Crippen LogP contribution < -0.4 is 20.1 Å². The van der Waals surface area contributed by atoms with Crippen molar-refractivity contribution in [3.63, 3.8) is 0 Å². The predicted octanol–water partition coefficient (Wildman–Crippen LogP) is 2.34. The lowest BCUT2D eigenvalue weighted by atomic mass is 10.0. The summed E-state index contributed by atoms with van der Waals surface area (Å²) in [6.07, 6.45) is 2.66. The van der Waals surface area contributed by atoms with E-state index in [2.05, 4.69) is 27.4 Å². The van der Waals surface area contributed by atoms with Crippen molar-refractivity contribution in [3.05, 3.63) is 24.3 Å². The van der Waals surface area contributed by atoms with E-state index in [4.69, 9.17) is 9.47 Å². The minimum atomic E-state index is -0.0172. The first-order chi connectivity index (χ1) is 12.2. The summed E-state index contributed by atoms with van der Waals surface area (Å²) >= 11 is 0. The van der Waals surface area contributed by atoms with Gasteiger partial charge in [0.05, 0.1) is 6.54 Å². The van der Waals surface area contributed by atoms with Crippen molar-refractivity contribution >= 4 is 29.9 Å². The first-order valence-corrected chi connectivity index (χ1v) is 9.30. The summed E-state index contributed by atoms with van der Waals surface area (Å²) in [4.78, 5) is 6.83. The van der Waals surface area contributed by atoms with Crippen LogP contribution in [-0.2, 0) is 0 Å². The van der Waals surface area contributed by atoms with Crippen LogP contribution in [0.5, 0.6) is 11.5 Å². The van der Waals surface area contributed by atoms with Gasteiger partial charge in [0, 0.05) is 26.7 Å². The number of hydrogen-bond donors (Lipinski definition) is 2. The zero-order valence-electron chi connectivity index (χ0n) is 15.7. The van der Waals surface area contributed by atoms with Crippen molar-refractivity contribution < 1.29 is 9.47 Å². The third kappa shape index (κ3) is 6.19. The van der Waals surface area contributed by atoms with Crippen LogP contribution in [0.3, 0.4) is 0 Å². The lowest BCUT2D eigenvalue weighted by Gasteiger charge is -2.31. The van der Waals surface area contributed by atoms with Gasteiger partial charge in [-0.1, -0.05) is 19.1 Å². The van der Waals surface area contributed by atoms with Crippen molar-refractivity contribution in [2.45, 2.75) is 25.9 Å². The van der Waals surface area contributed by atoms with Crippen LogP contribution in [0.15, 0.2) is 29.3 Å². The number of halogens is 1. The average Bonchev–Trinajstić information content (AvgIpc) is 2.64. The average molecular weight is 474 g/mol. The number of para-hydroxylation sites is 2. The molecule has 0 spiro atoms. The van der Waals surface area contributed by atoms with Crippen LogP contribution in [0, 0.1) is 5.92 Å². The van der Waals surface area contributed by atoms with Crippen molar-refractivity contribution in [1.82, 2.24) is 15.5 Å². The Labute approximate surface area is 173 Å². The molecule has 0 saturated carbocycles. The van der Waals surface area contributed by atoms with Gasteiger partial charge in [0.15, 0.2) is 17.5 Å². The number of piperidine rings is 1. The molecule has 1 fully saturated rings. The lowest BCUT2D eigenvalue weighted by Crippen LogP contribution is -2.47. The fourth-order valence-corrected chi connectivity index (χ4v) is 3.42. The maximum absolute atomic E-state index is 5.96. The van der Waals surface area contributed by atoms with E-state index in [9.17, 15) is 0 Å². The van der Waals surface area contributed by atoms with Gasteiger partial charge < -0.3 is 25.0 Å². The van der Waals surface area contributed by atoms with Gasteiger partial charge in [0.25, 0.3) is 0 Å². The molecule has 7 heteroatoms.